The highest BCUT2D eigenvalue weighted by Gasteiger charge is 2.26. The molecule has 1 fully saturated rings. The Hall–Kier alpha value is -2.08. The van der Waals surface area contributed by atoms with Crippen molar-refractivity contribution in [2.24, 2.45) is 0 Å². The Balaban J connectivity index is 1.85. The first-order chi connectivity index (χ1) is 9.11. The zero-order valence-electron chi connectivity index (χ0n) is 9.89. The maximum absolute atomic E-state index is 11.7. The van der Waals surface area contributed by atoms with E-state index in [1.807, 2.05) is 0 Å². The number of carbonyl (C=O) groups is 1. The van der Waals surface area contributed by atoms with Crippen LogP contribution in [-0.4, -0.2) is 22.1 Å². The van der Waals surface area contributed by atoms with Gasteiger partial charge >= 0.3 is 0 Å². The molecule has 0 radical (unpaired) electrons. The van der Waals surface area contributed by atoms with Gasteiger partial charge in [-0.05, 0) is 31.0 Å². The lowest BCUT2D eigenvalue weighted by atomic mass is 10.2. The van der Waals surface area contributed by atoms with Crippen LogP contribution in [0.4, 0.5) is 5.69 Å². The second kappa shape index (κ2) is 4.55. The van der Waals surface area contributed by atoms with E-state index in [4.69, 9.17) is 21.9 Å². The molecule has 0 aliphatic heterocycles. The number of hydrogen-bond acceptors (Lipinski definition) is 5. The van der Waals surface area contributed by atoms with Gasteiger partial charge in [0.25, 0.3) is 17.6 Å². The SMILES string of the molecule is Nc1cc(Cl)cc(-c2nc(C(=O)NC3CC3)no2)c1. The molecule has 0 unspecified atom stereocenters. The van der Waals surface area contributed by atoms with E-state index in [9.17, 15) is 4.79 Å². The van der Waals surface area contributed by atoms with Crippen LogP contribution in [0.2, 0.25) is 5.02 Å². The van der Waals surface area contributed by atoms with E-state index in [1.54, 1.807) is 18.2 Å². The van der Waals surface area contributed by atoms with Crippen molar-refractivity contribution in [1.29, 1.82) is 0 Å². The van der Waals surface area contributed by atoms with E-state index in [2.05, 4.69) is 15.5 Å². The fraction of sp³-hybridized carbons (Fsp3) is 0.250. The Morgan fingerprint density at radius 3 is 2.89 bits per heavy atom. The molecule has 1 heterocycles. The summed E-state index contributed by atoms with van der Waals surface area (Å²) in [7, 11) is 0. The lowest BCUT2D eigenvalue weighted by Crippen LogP contribution is -2.26. The van der Waals surface area contributed by atoms with Crippen molar-refractivity contribution in [3.8, 4) is 11.5 Å². The van der Waals surface area contributed by atoms with Gasteiger partial charge in [0.15, 0.2) is 0 Å². The average Bonchev–Trinajstić information content (AvgIpc) is 3.02. The lowest BCUT2D eigenvalue weighted by molar-refractivity contribution is 0.0937. The monoisotopic (exact) mass is 278 g/mol. The molecule has 19 heavy (non-hydrogen) atoms. The molecular weight excluding hydrogens is 268 g/mol. The zero-order chi connectivity index (χ0) is 13.4. The van der Waals surface area contributed by atoms with Crippen LogP contribution >= 0.6 is 11.6 Å². The van der Waals surface area contributed by atoms with Crippen LogP contribution in [0.5, 0.6) is 0 Å². The van der Waals surface area contributed by atoms with E-state index in [0.717, 1.165) is 12.8 Å². The maximum atomic E-state index is 11.7. The van der Waals surface area contributed by atoms with Crippen molar-refractivity contribution in [2.75, 3.05) is 5.73 Å². The molecule has 0 atom stereocenters. The summed E-state index contributed by atoms with van der Waals surface area (Å²) in [5, 5.41) is 6.90. The van der Waals surface area contributed by atoms with Crippen molar-refractivity contribution >= 4 is 23.2 Å². The predicted octanol–water partition coefficient (Wildman–Crippen LogP) is 1.86. The number of carbonyl (C=O) groups excluding carboxylic acids is 1. The highest BCUT2D eigenvalue weighted by atomic mass is 35.5. The van der Waals surface area contributed by atoms with Crippen LogP contribution in [0.25, 0.3) is 11.5 Å². The first kappa shape index (κ1) is 12.0. The number of nitrogens with two attached hydrogens (primary N) is 1. The number of benzene rings is 1. The van der Waals surface area contributed by atoms with Gasteiger partial charge < -0.3 is 15.6 Å². The van der Waals surface area contributed by atoms with Crippen molar-refractivity contribution in [3.63, 3.8) is 0 Å². The minimum absolute atomic E-state index is 0.0143. The van der Waals surface area contributed by atoms with E-state index in [0.29, 0.717) is 16.3 Å². The fourth-order valence-corrected chi connectivity index (χ4v) is 1.89. The quantitative estimate of drug-likeness (QED) is 0.836. The van der Waals surface area contributed by atoms with Crippen LogP contribution in [0.15, 0.2) is 22.7 Å². The number of amides is 1. The molecule has 1 aliphatic rings. The molecule has 3 rings (SSSR count). The zero-order valence-corrected chi connectivity index (χ0v) is 10.6. The number of nitrogens with one attached hydrogen (secondary N) is 1. The van der Waals surface area contributed by atoms with Gasteiger partial charge in [0.05, 0.1) is 0 Å². The fourth-order valence-electron chi connectivity index (χ4n) is 1.65. The van der Waals surface area contributed by atoms with Gasteiger partial charge in [0, 0.05) is 22.3 Å². The highest BCUT2D eigenvalue weighted by Crippen LogP contribution is 2.25. The molecule has 1 aromatic carbocycles. The first-order valence-electron chi connectivity index (χ1n) is 5.83. The van der Waals surface area contributed by atoms with Crippen molar-refractivity contribution in [2.45, 2.75) is 18.9 Å². The summed E-state index contributed by atoms with van der Waals surface area (Å²) in [6.07, 6.45) is 2.00. The first-order valence-corrected chi connectivity index (χ1v) is 6.20. The van der Waals surface area contributed by atoms with Crippen LogP contribution in [-0.2, 0) is 0 Å². The third-order valence-electron chi connectivity index (χ3n) is 2.71. The van der Waals surface area contributed by atoms with E-state index >= 15 is 0 Å². The summed E-state index contributed by atoms with van der Waals surface area (Å²) < 4.78 is 5.05. The summed E-state index contributed by atoms with van der Waals surface area (Å²) in [5.41, 5.74) is 6.76. The van der Waals surface area contributed by atoms with Crippen LogP contribution in [0.3, 0.4) is 0 Å². The van der Waals surface area contributed by atoms with Crippen molar-refractivity contribution in [1.82, 2.24) is 15.5 Å². The Bertz CT molecular complexity index is 616. The second-order valence-electron chi connectivity index (χ2n) is 4.44. The summed E-state index contributed by atoms with van der Waals surface area (Å²) >= 11 is 5.90. The van der Waals surface area contributed by atoms with Gasteiger partial charge in [-0.25, -0.2) is 0 Å². The number of nitrogens with zero attached hydrogens (tertiary/aromatic N) is 2. The highest BCUT2D eigenvalue weighted by molar-refractivity contribution is 6.31. The number of nitrogen functional groups attached to an aromatic ring is 1. The normalized spacial score (nSPS) is 14.4. The molecule has 6 nitrogen and oxygen atoms in total. The van der Waals surface area contributed by atoms with E-state index < -0.39 is 0 Å². The predicted molar refractivity (Wildman–Crippen MR) is 69.6 cm³/mol. The Labute approximate surface area is 113 Å². The van der Waals surface area contributed by atoms with E-state index in [-0.39, 0.29) is 23.7 Å². The molecule has 0 bridgehead atoms. The third kappa shape index (κ3) is 2.68. The number of halogens is 1. The molecule has 1 saturated carbocycles. The molecule has 1 aromatic heterocycles. The number of rotatable bonds is 3. The summed E-state index contributed by atoms with van der Waals surface area (Å²) in [4.78, 5) is 15.8. The van der Waals surface area contributed by atoms with Gasteiger partial charge in [-0.2, -0.15) is 4.98 Å². The second-order valence-corrected chi connectivity index (χ2v) is 4.88. The molecule has 7 heteroatoms. The van der Waals surface area contributed by atoms with Gasteiger partial charge in [-0.15, -0.1) is 0 Å². The minimum atomic E-state index is -0.326. The molecule has 2 aromatic rings. The summed E-state index contributed by atoms with van der Waals surface area (Å²) in [6.45, 7) is 0. The van der Waals surface area contributed by atoms with Crippen LogP contribution in [0.1, 0.15) is 23.5 Å². The number of aromatic nitrogens is 2. The van der Waals surface area contributed by atoms with Crippen LogP contribution < -0.4 is 11.1 Å². The molecule has 98 valence electrons. The molecular formula is C12H11ClN4O2. The third-order valence-corrected chi connectivity index (χ3v) is 2.93. The van der Waals surface area contributed by atoms with Crippen molar-refractivity contribution < 1.29 is 9.32 Å². The smallest absolute Gasteiger partial charge is 0.292 e. The van der Waals surface area contributed by atoms with E-state index in [1.165, 1.54) is 0 Å². The van der Waals surface area contributed by atoms with Gasteiger partial charge in [-0.3, -0.25) is 4.79 Å². The van der Waals surface area contributed by atoms with Crippen molar-refractivity contribution in [3.05, 3.63) is 29.0 Å². The lowest BCUT2D eigenvalue weighted by Gasteiger charge is -1.98. The maximum Gasteiger partial charge on any atom is 0.292 e. The molecule has 0 saturated heterocycles. The summed E-state index contributed by atoms with van der Waals surface area (Å²) in [5.74, 6) is -0.0944. The molecule has 1 aliphatic carbocycles. The minimum Gasteiger partial charge on any atom is -0.399 e. The Morgan fingerprint density at radius 1 is 1.42 bits per heavy atom. The largest absolute Gasteiger partial charge is 0.399 e. The van der Waals surface area contributed by atoms with Crippen LogP contribution in [0, 0.1) is 0 Å². The van der Waals surface area contributed by atoms with Gasteiger partial charge in [-0.1, -0.05) is 16.8 Å². The van der Waals surface area contributed by atoms with Gasteiger partial charge in [0.2, 0.25) is 0 Å². The Morgan fingerprint density at radius 2 is 2.21 bits per heavy atom. The molecule has 0 spiro atoms. The molecule has 1 amide bonds. The Kier molecular flexibility index (Phi) is 2.87. The number of hydrogen-bond donors (Lipinski definition) is 2. The molecule has 3 N–H and O–H groups in total. The number of anilines is 1. The average molecular weight is 279 g/mol. The standard InChI is InChI=1S/C12H11ClN4O2/c13-7-3-6(4-8(14)5-7)12-16-10(17-19-12)11(18)15-9-1-2-9/h3-5,9H,1-2,14H2,(H,15,18). The topological polar surface area (TPSA) is 94.0 Å². The summed E-state index contributed by atoms with van der Waals surface area (Å²) in [6, 6.07) is 5.16. The van der Waals surface area contributed by atoms with Gasteiger partial charge in [0.1, 0.15) is 0 Å².